The number of hydrogen-bond donors (Lipinski definition) is 0. The summed E-state index contributed by atoms with van der Waals surface area (Å²) in [7, 11) is 0. The van der Waals surface area contributed by atoms with E-state index in [0.717, 1.165) is 41.0 Å². The van der Waals surface area contributed by atoms with Crippen molar-refractivity contribution in [2.45, 2.75) is 24.3 Å². The van der Waals surface area contributed by atoms with Gasteiger partial charge in [-0.3, -0.25) is 0 Å². The third kappa shape index (κ3) is 2.72. The number of hydrogen-bond acceptors (Lipinski definition) is 3. The van der Waals surface area contributed by atoms with Gasteiger partial charge in [0.1, 0.15) is 11.1 Å². The lowest BCUT2D eigenvalue weighted by atomic mass is 10.0. The molecule has 0 bridgehead atoms. The van der Waals surface area contributed by atoms with Gasteiger partial charge in [0.2, 0.25) is 0 Å². The van der Waals surface area contributed by atoms with Gasteiger partial charge in [-0.25, -0.2) is 4.98 Å². The van der Waals surface area contributed by atoms with Crippen LogP contribution in [0.15, 0.2) is 35.4 Å². The van der Waals surface area contributed by atoms with E-state index in [1.54, 1.807) is 11.8 Å². The topological polar surface area (TPSA) is 36.7 Å². The lowest BCUT2D eigenvalue weighted by Gasteiger charge is -2.10. The molecule has 1 aromatic carbocycles. The fraction of sp³-hybridized carbons (Fsp3) is 0.222. The van der Waals surface area contributed by atoms with Crippen LogP contribution in [0.4, 0.5) is 0 Å². The first-order valence-corrected chi connectivity index (χ1v) is 8.29. The summed E-state index contributed by atoms with van der Waals surface area (Å²) in [6.45, 7) is 0. The van der Waals surface area contributed by atoms with Crippen LogP contribution >= 0.6 is 11.8 Å². The number of aryl methyl sites for hydroxylation is 1. The standard InChI is InChI=1S/C18H16N2S/c1-21-18-16(12-19)14(15-8-5-9-17(15)20-18)11-10-13-6-3-2-4-7-13/h2-4,6-7,10-11H,5,8-9H2,1H3/b11-10+. The van der Waals surface area contributed by atoms with Crippen LogP contribution in [0, 0.1) is 11.3 Å². The number of fused-ring (bicyclic) bond motifs is 1. The van der Waals surface area contributed by atoms with E-state index in [9.17, 15) is 5.26 Å². The third-order valence-electron chi connectivity index (χ3n) is 3.78. The van der Waals surface area contributed by atoms with Crippen molar-refractivity contribution in [3.63, 3.8) is 0 Å². The molecule has 1 aliphatic rings. The number of rotatable bonds is 3. The molecule has 2 aromatic rings. The molecule has 0 spiro atoms. The Bertz CT molecular complexity index is 727. The Morgan fingerprint density at radius 1 is 1.19 bits per heavy atom. The van der Waals surface area contributed by atoms with Gasteiger partial charge in [0.05, 0.1) is 5.56 Å². The molecule has 3 rings (SSSR count). The van der Waals surface area contributed by atoms with Gasteiger partial charge < -0.3 is 0 Å². The third-order valence-corrected chi connectivity index (χ3v) is 4.46. The van der Waals surface area contributed by atoms with E-state index in [0.29, 0.717) is 0 Å². The molecule has 0 amide bonds. The summed E-state index contributed by atoms with van der Waals surface area (Å²) in [6.07, 6.45) is 9.34. The Morgan fingerprint density at radius 3 is 2.71 bits per heavy atom. The summed E-state index contributed by atoms with van der Waals surface area (Å²) in [4.78, 5) is 4.66. The highest BCUT2D eigenvalue weighted by Gasteiger charge is 2.21. The highest BCUT2D eigenvalue weighted by atomic mass is 32.2. The highest BCUT2D eigenvalue weighted by molar-refractivity contribution is 7.98. The lowest BCUT2D eigenvalue weighted by molar-refractivity contribution is 0.891. The molecule has 0 N–H and O–H groups in total. The maximum absolute atomic E-state index is 9.52. The summed E-state index contributed by atoms with van der Waals surface area (Å²) in [6, 6.07) is 12.5. The summed E-state index contributed by atoms with van der Waals surface area (Å²) in [5.41, 5.74) is 5.36. The Balaban J connectivity index is 2.11. The number of pyridine rings is 1. The number of thioether (sulfide) groups is 1. The molecule has 2 nitrogen and oxygen atoms in total. The summed E-state index contributed by atoms with van der Waals surface area (Å²) < 4.78 is 0. The molecule has 0 unspecified atom stereocenters. The summed E-state index contributed by atoms with van der Waals surface area (Å²) in [5, 5.41) is 10.4. The first kappa shape index (κ1) is 13.9. The smallest absolute Gasteiger partial charge is 0.114 e. The van der Waals surface area contributed by atoms with E-state index in [-0.39, 0.29) is 0 Å². The molecule has 21 heavy (non-hydrogen) atoms. The molecule has 3 heteroatoms. The highest BCUT2D eigenvalue weighted by Crippen LogP contribution is 2.32. The molecule has 0 saturated heterocycles. The van der Waals surface area contributed by atoms with Crippen molar-refractivity contribution in [3.05, 3.63) is 58.3 Å². The number of nitriles is 1. The van der Waals surface area contributed by atoms with Crippen molar-refractivity contribution < 1.29 is 0 Å². The quantitative estimate of drug-likeness (QED) is 0.790. The SMILES string of the molecule is CSc1nc2c(c(/C=C/c3ccccc3)c1C#N)CCC2. The van der Waals surface area contributed by atoms with E-state index >= 15 is 0 Å². The molecule has 0 fully saturated rings. The van der Waals surface area contributed by atoms with E-state index in [1.165, 1.54) is 11.3 Å². The monoisotopic (exact) mass is 292 g/mol. The van der Waals surface area contributed by atoms with E-state index in [2.05, 4.69) is 35.3 Å². The van der Waals surface area contributed by atoms with Gasteiger partial charge in [-0.1, -0.05) is 42.5 Å². The van der Waals surface area contributed by atoms with Crippen LogP contribution in [0.1, 0.15) is 34.4 Å². The van der Waals surface area contributed by atoms with Crippen LogP contribution in [0.5, 0.6) is 0 Å². The van der Waals surface area contributed by atoms with Crippen LogP contribution in [0.25, 0.3) is 12.2 Å². The number of benzene rings is 1. The largest absolute Gasteiger partial charge is 0.245 e. The van der Waals surface area contributed by atoms with Crippen molar-refractivity contribution in [1.29, 1.82) is 5.26 Å². The molecule has 104 valence electrons. The van der Waals surface area contributed by atoms with Crippen molar-refractivity contribution >= 4 is 23.9 Å². The second kappa shape index (κ2) is 6.15. The van der Waals surface area contributed by atoms with Crippen LogP contribution in [0.2, 0.25) is 0 Å². The van der Waals surface area contributed by atoms with Crippen molar-refractivity contribution in [2.24, 2.45) is 0 Å². The maximum atomic E-state index is 9.52. The van der Waals surface area contributed by atoms with Gasteiger partial charge in [0, 0.05) is 5.69 Å². The molecule has 1 aromatic heterocycles. The molecule has 1 aliphatic carbocycles. The maximum Gasteiger partial charge on any atom is 0.114 e. The minimum Gasteiger partial charge on any atom is -0.245 e. The van der Waals surface area contributed by atoms with Gasteiger partial charge in [0.15, 0.2) is 0 Å². The second-order valence-electron chi connectivity index (χ2n) is 5.04. The summed E-state index contributed by atoms with van der Waals surface area (Å²) >= 11 is 1.55. The van der Waals surface area contributed by atoms with E-state index < -0.39 is 0 Å². The zero-order chi connectivity index (χ0) is 14.7. The van der Waals surface area contributed by atoms with Crippen LogP contribution in [-0.4, -0.2) is 11.2 Å². The number of nitrogens with zero attached hydrogens (tertiary/aromatic N) is 2. The average molecular weight is 292 g/mol. The van der Waals surface area contributed by atoms with Crippen molar-refractivity contribution in [3.8, 4) is 6.07 Å². The van der Waals surface area contributed by atoms with Crippen molar-refractivity contribution in [2.75, 3.05) is 6.26 Å². The van der Waals surface area contributed by atoms with Crippen LogP contribution in [0.3, 0.4) is 0 Å². The van der Waals surface area contributed by atoms with Gasteiger partial charge >= 0.3 is 0 Å². The fourth-order valence-electron chi connectivity index (χ4n) is 2.77. The number of aromatic nitrogens is 1. The Kier molecular flexibility index (Phi) is 4.08. The molecule has 0 atom stereocenters. The van der Waals surface area contributed by atoms with Crippen LogP contribution in [-0.2, 0) is 12.8 Å². The van der Waals surface area contributed by atoms with Crippen LogP contribution < -0.4 is 0 Å². The zero-order valence-electron chi connectivity index (χ0n) is 12.0. The Hall–Kier alpha value is -2.05. The van der Waals surface area contributed by atoms with E-state index in [1.807, 2.05) is 24.5 Å². The lowest BCUT2D eigenvalue weighted by Crippen LogP contribution is -1.99. The Labute approximate surface area is 129 Å². The fourth-order valence-corrected chi connectivity index (χ4v) is 3.33. The molecule has 0 aliphatic heterocycles. The second-order valence-corrected chi connectivity index (χ2v) is 5.84. The van der Waals surface area contributed by atoms with E-state index in [4.69, 9.17) is 0 Å². The summed E-state index contributed by atoms with van der Waals surface area (Å²) in [5.74, 6) is 0. The van der Waals surface area contributed by atoms with Gasteiger partial charge in [-0.2, -0.15) is 5.26 Å². The first-order valence-electron chi connectivity index (χ1n) is 7.06. The molecular formula is C18H16N2S. The zero-order valence-corrected chi connectivity index (χ0v) is 12.8. The van der Waals surface area contributed by atoms with Gasteiger partial charge in [-0.15, -0.1) is 11.8 Å². The minimum absolute atomic E-state index is 0.718. The van der Waals surface area contributed by atoms with Gasteiger partial charge in [0.25, 0.3) is 0 Å². The normalized spacial score (nSPS) is 13.3. The minimum atomic E-state index is 0.718. The molecular weight excluding hydrogens is 276 g/mol. The average Bonchev–Trinajstić information content (AvgIpc) is 3.00. The molecule has 1 heterocycles. The molecule has 0 saturated carbocycles. The van der Waals surface area contributed by atoms with Gasteiger partial charge in [-0.05, 0) is 42.2 Å². The molecule has 0 radical (unpaired) electrons. The predicted octanol–water partition coefficient (Wildman–Crippen LogP) is 4.33. The van der Waals surface area contributed by atoms with Crippen molar-refractivity contribution in [1.82, 2.24) is 4.98 Å². The first-order chi connectivity index (χ1) is 10.3. The predicted molar refractivity (Wildman–Crippen MR) is 88.1 cm³/mol. The Morgan fingerprint density at radius 2 is 2.00 bits per heavy atom.